The van der Waals surface area contributed by atoms with Gasteiger partial charge in [-0.05, 0) is 18.7 Å². The molecule has 1 aliphatic heterocycles. The van der Waals surface area contributed by atoms with Crippen molar-refractivity contribution in [2.45, 2.75) is 13.0 Å². The van der Waals surface area contributed by atoms with Crippen LogP contribution in [0.25, 0.3) is 6.08 Å². The summed E-state index contributed by atoms with van der Waals surface area (Å²) in [6.45, 7) is 1.95. The zero-order chi connectivity index (χ0) is 14.7. The van der Waals surface area contributed by atoms with E-state index in [1.807, 2.05) is 30.3 Å². The van der Waals surface area contributed by atoms with Gasteiger partial charge in [-0.1, -0.05) is 30.3 Å². The molecule has 2 heterocycles. The molecule has 0 fully saturated rings. The topological polar surface area (TPSA) is 45.2 Å². The molecule has 4 nitrogen and oxygen atoms in total. The van der Waals surface area contributed by atoms with Crippen LogP contribution in [0.3, 0.4) is 0 Å². The monoisotopic (exact) mass is 335 g/mol. The Morgan fingerprint density at radius 1 is 1.36 bits per heavy atom. The fourth-order valence-electron chi connectivity index (χ4n) is 2.26. The van der Waals surface area contributed by atoms with Gasteiger partial charge in [-0.25, -0.2) is 4.98 Å². The first-order valence-corrected chi connectivity index (χ1v) is 7.73. The minimum absolute atomic E-state index is 0. The molecule has 22 heavy (non-hydrogen) atoms. The molecule has 0 bridgehead atoms. The second-order valence-electron chi connectivity index (χ2n) is 5.11. The zero-order valence-corrected chi connectivity index (χ0v) is 13.9. The van der Waals surface area contributed by atoms with E-state index in [-0.39, 0.29) is 18.3 Å². The minimum Gasteiger partial charge on any atom is -0.301 e. The highest BCUT2D eigenvalue weighted by molar-refractivity contribution is 7.15. The Morgan fingerprint density at radius 3 is 2.91 bits per heavy atom. The Hall–Kier alpha value is -1.69. The van der Waals surface area contributed by atoms with Crippen molar-refractivity contribution in [1.29, 1.82) is 0 Å². The molecule has 1 aliphatic rings. The number of carbonyl (C=O) groups is 1. The number of thiazole rings is 1. The van der Waals surface area contributed by atoms with Crippen LogP contribution < -0.4 is 5.32 Å². The Kier molecular flexibility index (Phi) is 5.71. The third-order valence-electron chi connectivity index (χ3n) is 3.38. The molecule has 1 amide bonds. The average molecular weight is 336 g/mol. The van der Waals surface area contributed by atoms with Crippen LogP contribution in [-0.2, 0) is 17.8 Å². The predicted octanol–water partition coefficient (Wildman–Crippen LogP) is 3.20. The van der Waals surface area contributed by atoms with Crippen molar-refractivity contribution in [3.05, 3.63) is 52.5 Å². The summed E-state index contributed by atoms with van der Waals surface area (Å²) in [5.74, 6) is -0.140. The smallest absolute Gasteiger partial charge is 0.250 e. The van der Waals surface area contributed by atoms with Crippen molar-refractivity contribution in [2.24, 2.45) is 0 Å². The molecule has 0 unspecified atom stereocenters. The molecule has 6 heteroatoms. The number of halogens is 1. The fourth-order valence-corrected chi connectivity index (χ4v) is 3.35. The van der Waals surface area contributed by atoms with Crippen LogP contribution in [0.5, 0.6) is 0 Å². The first-order chi connectivity index (χ1) is 10.2. The van der Waals surface area contributed by atoms with Gasteiger partial charge in [0.15, 0.2) is 5.13 Å². The van der Waals surface area contributed by atoms with Crippen molar-refractivity contribution in [3.63, 3.8) is 0 Å². The molecular weight excluding hydrogens is 318 g/mol. The summed E-state index contributed by atoms with van der Waals surface area (Å²) in [5.41, 5.74) is 2.13. The number of nitrogens with one attached hydrogen (secondary N) is 1. The van der Waals surface area contributed by atoms with Crippen LogP contribution in [0.15, 0.2) is 36.4 Å². The quantitative estimate of drug-likeness (QED) is 0.876. The average Bonchev–Trinajstić information content (AvgIpc) is 2.87. The van der Waals surface area contributed by atoms with Crippen LogP contribution >= 0.6 is 23.7 Å². The van der Waals surface area contributed by atoms with Crippen molar-refractivity contribution in [2.75, 3.05) is 18.9 Å². The molecule has 0 saturated carbocycles. The number of amides is 1. The first kappa shape index (κ1) is 16.7. The Labute approximate surface area is 140 Å². The van der Waals surface area contributed by atoms with Crippen molar-refractivity contribution in [3.8, 4) is 0 Å². The molecule has 0 saturated heterocycles. The molecule has 1 aromatic heterocycles. The summed E-state index contributed by atoms with van der Waals surface area (Å²) < 4.78 is 0. The second-order valence-corrected chi connectivity index (χ2v) is 6.19. The van der Waals surface area contributed by atoms with Gasteiger partial charge in [0.1, 0.15) is 0 Å². The van der Waals surface area contributed by atoms with Crippen molar-refractivity contribution in [1.82, 2.24) is 9.88 Å². The van der Waals surface area contributed by atoms with E-state index in [9.17, 15) is 4.79 Å². The van der Waals surface area contributed by atoms with Crippen LogP contribution in [0.4, 0.5) is 5.13 Å². The number of anilines is 1. The number of likely N-dealkylation sites (N-methyl/N-ethyl adjacent to an activating group) is 1. The predicted molar refractivity (Wildman–Crippen MR) is 93.5 cm³/mol. The molecule has 1 N–H and O–H groups in total. The van der Waals surface area contributed by atoms with Crippen LogP contribution in [-0.4, -0.2) is 29.4 Å². The van der Waals surface area contributed by atoms with Crippen molar-refractivity contribution < 1.29 is 4.79 Å². The highest BCUT2D eigenvalue weighted by Crippen LogP contribution is 2.27. The van der Waals surface area contributed by atoms with E-state index in [1.165, 1.54) is 4.88 Å². The third-order valence-corrected chi connectivity index (χ3v) is 4.38. The van der Waals surface area contributed by atoms with Gasteiger partial charge in [-0.3, -0.25) is 10.1 Å². The Balaban J connectivity index is 0.00000176. The number of hydrogen-bond acceptors (Lipinski definition) is 4. The van der Waals surface area contributed by atoms with E-state index in [1.54, 1.807) is 23.5 Å². The standard InChI is InChI=1S/C16H17N3OS.ClH/c1-19-10-9-13-14(11-19)21-16(17-13)18-15(20)8-7-12-5-3-2-4-6-12;/h2-8H,9-11H2,1H3,(H,17,18,20);1H/b8-7+;. The first-order valence-electron chi connectivity index (χ1n) is 6.92. The van der Waals surface area contributed by atoms with Gasteiger partial charge < -0.3 is 4.90 Å². The summed E-state index contributed by atoms with van der Waals surface area (Å²) in [7, 11) is 2.10. The summed E-state index contributed by atoms with van der Waals surface area (Å²) in [5, 5.41) is 3.54. The number of hydrogen-bond donors (Lipinski definition) is 1. The lowest BCUT2D eigenvalue weighted by atomic mass is 10.2. The molecule has 116 valence electrons. The summed E-state index contributed by atoms with van der Waals surface area (Å²) in [6.07, 6.45) is 4.30. The molecule has 0 radical (unpaired) electrons. The van der Waals surface area contributed by atoms with Gasteiger partial charge in [0.2, 0.25) is 5.91 Å². The van der Waals surface area contributed by atoms with Gasteiger partial charge in [-0.2, -0.15) is 0 Å². The molecule has 2 aromatic rings. The zero-order valence-electron chi connectivity index (χ0n) is 12.3. The highest BCUT2D eigenvalue weighted by atomic mass is 35.5. The molecule has 0 spiro atoms. The molecule has 0 atom stereocenters. The summed E-state index contributed by atoms with van der Waals surface area (Å²) >= 11 is 1.57. The van der Waals surface area contributed by atoms with Crippen molar-refractivity contribution >= 4 is 40.9 Å². The Bertz CT molecular complexity index is 669. The van der Waals surface area contributed by atoms with Gasteiger partial charge in [0.25, 0.3) is 0 Å². The number of benzene rings is 1. The van der Waals surface area contributed by atoms with Gasteiger partial charge >= 0.3 is 0 Å². The van der Waals surface area contributed by atoms with Crippen LogP contribution in [0.2, 0.25) is 0 Å². The maximum Gasteiger partial charge on any atom is 0.250 e. The van der Waals surface area contributed by atoms with E-state index >= 15 is 0 Å². The number of nitrogens with zero attached hydrogens (tertiary/aromatic N) is 2. The van der Waals surface area contributed by atoms with Gasteiger partial charge in [0, 0.05) is 30.5 Å². The van der Waals surface area contributed by atoms with Gasteiger partial charge in [0.05, 0.1) is 5.69 Å². The second kappa shape index (κ2) is 7.54. The maximum absolute atomic E-state index is 11.9. The molecule has 0 aliphatic carbocycles. The van der Waals surface area contributed by atoms with E-state index in [4.69, 9.17) is 0 Å². The molecular formula is C16H18ClN3OS. The number of aromatic nitrogens is 1. The lowest BCUT2D eigenvalue weighted by Gasteiger charge is -2.20. The Morgan fingerprint density at radius 2 is 2.14 bits per heavy atom. The van der Waals surface area contributed by atoms with Crippen LogP contribution in [0.1, 0.15) is 16.1 Å². The van der Waals surface area contributed by atoms with E-state index in [0.29, 0.717) is 5.13 Å². The minimum atomic E-state index is -0.140. The van der Waals surface area contributed by atoms with Crippen LogP contribution in [0, 0.1) is 0 Å². The SMILES string of the molecule is CN1CCc2nc(NC(=O)/C=C/c3ccccc3)sc2C1.Cl. The lowest BCUT2D eigenvalue weighted by Crippen LogP contribution is -2.25. The lowest BCUT2D eigenvalue weighted by molar-refractivity contribution is -0.111. The normalized spacial score (nSPS) is 14.4. The molecule has 1 aromatic carbocycles. The maximum atomic E-state index is 11.9. The number of rotatable bonds is 3. The summed E-state index contributed by atoms with van der Waals surface area (Å²) in [4.78, 5) is 19.9. The third kappa shape index (κ3) is 4.16. The van der Waals surface area contributed by atoms with E-state index in [2.05, 4.69) is 22.2 Å². The van der Waals surface area contributed by atoms with E-state index in [0.717, 1.165) is 30.8 Å². The largest absolute Gasteiger partial charge is 0.301 e. The molecule has 3 rings (SSSR count). The summed E-state index contributed by atoms with van der Waals surface area (Å²) in [6, 6.07) is 9.77. The van der Waals surface area contributed by atoms with E-state index < -0.39 is 0 Å². The highest BCUT2D eigenvalue weighted by Gasteiger charge is 2.18. The fraction of sp³-hybridized carbons (Fsp3) is 0.250. The number of fused-ring (bicyclic) bond motifs is 1. The van der Waals surface area contributed by atoms with Gasteiger partial charge in [-0.15, -0.1) is 23.7 Å². The number of carbonyl (C=O) groups excluding carboxylic acids is 1.